The molecule has 1 aliphatic heterocycles. The Bertz CT molecular complexity index is 1050. The molecule has 1 aliphatic rings. The number of carbonyl (C=O) groups is 1. The quantitative estimate of drug-likeness (QED) is 0.385. The monoisotopic (exact) mass is 480 g/mol. The lowest BCUT2D eigenvalue weighted by Gasteiger charge is -2.24. The van der Waals surface area contributed by atoms with Crippen molar-refractivity contribution in [2.24, 2.45) is 0 Å². The van der Waals surface area contributed by atoms with E-state index in [1.807, 2.05) is 0 Å². The Kier molecular flexibility index (Phi) is 8.25. The molecule has 1 fully saturated rings. The van der Waals surface area contributed by atoms with Crippen LogP contribution in [0.15, 0.2) is 47.4 Å². The number of carbonyl (C=O) groups excluding carboxylic acids is 1. The Morgan fingerprint density at radius 1 is 1.27 bits per heavy atom. The van der Waals surface area contributed by atoms with Gasteiger partial charge < -0.3 is 19.7 Å². The number of hydrogen-bond donors (Lipinski definition) is 2. The van der Waals surface area contributed by atoms with Crippen LogP contribution in [-0.2, 0) is 23.4 Å². The fourth-order valence-corrected chi connectivity index (χ4v) is 4.70. The molecular formula is C21H29N4O7P. The van der Waals surface area contributed by atoms with E-state index < -0.39 is 37.8 Å². The number of nitrogen functional groups attached to an aromatic ring is 1. The summed E-state index contributed by atoms with van der Waals surface area (Å²) >= 11 is 0. The van der Waals surface area contributed by atoms with Gasteiger partial charge in [-0.3, -0.25) is 13.9 Å². The van der Waals surface area contributed by atoms with Gasteiger partial charge in [-0.2, -0.15) is 10.1 Å². The van der Waals surface area contributed by atoms with E-state index in [0.29, 0.717) is 18.6 Å². The molecule has 0 saturated carbocycles. The van der Waals surface area contributed by atoms with Crippen molar-refractivity contribution in [3.8, 4) is 5.75 Å². The molecule has 1 aromatic heterocycles. The summed E-state index contributed by atoms with van der Waals surface area (Å²) in [5.74, 6) is -0.148. The first-order valence-electron chi connectivity index (χ1n) is 10.6. The maximum atomic E-state index is 13.5. The van der Waals surface area contributed by atoms with Gasteiger partial charge in [-0.15, -0.1) is 0 Å². The first-order chi connectivity index (χ1) is 15.6. The van der Waals surface area contributed by atoms with Crippen LogP contribution < -0.4 is 21.0 Å². The lowest BCUT2D eigenvalue weighted by molar-refractivity contribution is -0.149. The van der Waals surface area contributed by atoms with Crippen molar-refractivity contribution in [3.05, 3.63) is 53.1 Å². The number of esters is 1. The Morgan fingerprint density at radius 3 is 2.67 bits per heavy atom. The number of nitrogens with zero attached hydrogens (tertiary/aromatic N) is 2. The van der Waals surface area contributed by atoms with Crippen LogP contribution in [-0.4, -0.2) is 40.4 Å². The number of ether oxygens (including phenoxy) is 2. The van der Waals surface area contributed by atoms with Gasteiger partial charge in [-0.25, -0.2) is 9.36 Å². The Balaban J connectivity index is 1.66. The highest BCUT2D eigenvalue weighted by atomic mass is 31.2. The molecule has 3 N–H and O–H groups in total. The minimum Gasteiger partial charge on any atom is -0.462 e. The van der Waals surface area contributed by atoms with E-state index in [-0.39, 0.29) is 18.5 Å². The summed E-state index contributed by atoms with van der Waals surface area (Å²) in [5.41, 5.74) is 5.01. The highest BCUT2D eigenvalue weighted by molar-refractivity contribution is 7.52. The van der Waals surface area contributed by atoms with Crippen LogP contribution in [0.5, 0.6) is 5.75 Å². The van der Waals surface area contributed by atoms with E-state index >= 15 is 0 Å². The normalized spacial score (nSPS) is 20.8. The predicted octanol–water partition coefficient (Wildman–Crippen LogP) is 2.64. The van der Waals surface area contributed by atoms with E-state index in [0.717, 1.165) is 0 Å². The third-order valence-electron chi connectivity index (χ3n) is 4.70. The zero-order valence-corrected chi connectivity index (χ0v) is 19.6. The van der Waals surface area contributed by atoms with Gasteiger partial charge in [0.2, 0.25) is 0 Å². The molecule has 4 atom stereocenters. The summed E-state index contributed by atoms with van der Waals surface area (Å²) in [7, 11) is -3.98. The third kappa shape index (κ3) is 7.13. The van der Waals surface area contributed by atoms with Gasteiger partial charge >= 0.3 is 19.4 Å². The number of aromatic nitrogens is 2. The van der Waals surface area contributed by atoms with Crippen molar-refractivity contribution in [1.29, 1.82) is 0 Å². The van der Waals surface area contributed by atoms with E-state index in [4.69, 9.17) is 24.3 Å². The standard InChI is InChI=1S/C21H29N4O7P/c1-14(2)30-20(26)15(3)24-33(28,32-16-7-5-4-6-8-16)29-13-17-9-10-19(31-17)25-12-11-18(22)23-21(25)27/h4-8,11-12,14-15,17,19H,9-10,13H2,1-3H3,(H,24,28)(H2,22,23,27)/t15-,17-,19+,33?/m0/s1. The summed E-state index contributed by atoms with van der Waals surface area (Å²) in [4.78, 5) is 28.0. The fourth-order valence-electron chi connectivity index (χ4n) is 3.17. The zero-order valence-electron chi connectivity index (χ0n) is 18.7. The maximum absolute atomic E-state index is 13.5. The maximum Gasteiger partial charge on any atom is 0.459 e. The second-order valence-corrected chi connectivity index (χ2v) is 9.56. The van der Waals surface area contributed by atoms with Crippen LogP contribution in [0, 0.1) is 0 Å². The fraction of sp³-hybridized carbons (Fsp3) is 0.476. The molecule has 180 valence electrons. The van der Waals surface area contributed by atoms with Gasteiger partial charge in [0.25, 0.3) is 0 Å². The molecule has 3 rings (SSSR count). The smallest absolute Gasteiger partial charge is 0.459 e. The minimum atomic E-state index is -3.98. The third-order valence-corrected chi connectivity index (χ3v) is 6.35. The molecule has 0 bridgehead atoms. The molecule has 33 heavy (non-hydrogen) atoms. The number of rotatable bonds is 10. The van der Waals surface area contributed by atoms with Crippen LogP contribution in [0.4, 0.5) is 5.82 Å². The molecule has 12 heteroatoms. The first kappa shape index (κ1) is 24.9. The second-order valence-electron chi connectivity index (χ2n) is 7.87. The van der Waals surface area contributed by atoms with Crippen molar-refractivity contribution in [3.63, 3.8) is 0 Å². The van der Waals surface area contributed by atoms with Crippen molar-refractivity contribution in [1.82, 2.24) is 14.6 Å². The SMILES string of the molecule is CC(C)OC(=O)[C@H](C)NP(=O)(OC[C@@H]1CC[C@H](n2ccc(N)nc2=O)O1)Oc1ccccc1. The second kappa shape index (κ2) is 10.9. The number of anilines is 1. The highest BCUT2D eigenvalue weighted by Crippen LogP contribution is 2.45. The van der Waals surface area contributed by atoms with Crippen LogP contribution in [0.25, 0.3) is 0 Å². The Hall–Kier alpha value is -2.72. The Labute approximate surface area is 191 Å². The van der Waals surface area contributed by atoms with E-state index in [1.165, 1.54) is 23.8 Å². The number of hydrogen-bond acceptors (Lipinski definition) is 9. The van der Waals surface area contributed by atoms with Gasteiger partial charge in [-0.05, 0) is 51.8 Å². The molecule has 0 aliphatic carbocycles. The summed E-state index contributed by atoms with van der Waals surface area (Å²) < 4.78 is 37.1. The first-order valence-corrected chi connectivity index (χ1v) is 12.2. The average molecular weight is 480 g/mol. The van der Waals surface area contributed by atoms with Gasteiger partial charge in [0.15, 0.2) is 0 Å². The topological polar surface area (TPSA) is 144 Å². The summed E-state index contributed by atoms with van der Waals surface area (Å²) in [6, 6.07) is 9.04. The summed E-state index contributed by atoms with van der Waals surface area (Å²) in [6.45, 7) is 4.86. The van der Waals surface area contributed by atoms with E-state index in [1.54, 1.807) is 44.2 Å². The van der Waals surface area contributed by atoms with E-state index in [9.17, 15) is 14.2 Å². The average Bonchev–Trinajstić information content (AvgIpc) is 3.21. The molecule has 0 amide bonds. The van der Waals surface area contributed by atoms with Gasteiger partial charge in [-0.1, -0.05) is 18.2 Å². The molecular weight excluding hydrogens is 451 g/mol. The van der Waals surface area contributed by atoms with Crippen LogP contribution in [0.3, 0.4) is 0 Å². The lowest BCUT2D eigenvalue weighted by atomic mass is 10.2. The number of nitrogens with two attached hydrogens (primary N) is 1. The predicted molar refractivity (Wildman–Crippen MR) is 121 cm³/mol. The Morgan fingerprint density at radius 2 is 2.00 bits per heavy atom. The zero-order chi connectivity index (χ0) is 24.0. The van der Waals surface area contributed by atoms with Crippen LogP contribution in [0.1, 0.15) is 39.8 Å². The summed E-state index contributed by atoms with van der Waals surface area (Å²) in [5, 5.41) is 2.63. The van der Waals surface area contributed by atoms with Gasteiger partial charge in [0.05, 0.1) is 18.8 Å². The number of para-hydroxylation sites is 1. The number of benzene rings is 1. The lowest BCUT2D eigenvalue weighted by Crippen LogP contribution is -2.36. The molecule has 1 saturated heterocycles. The van der Waals surface area contributed by atoms with Crippen molar-refractivity contribution in [2.75, 3.05) is 12.3 Å². The minimum absolute atomic E-state index is 0.0866. The van der Waals surface area contributed by atoms with Crippen molar-refractivity contribution < 1.29 is 27.9 Å². The molecule has 2 heterocycles. The molecule has 11 nitrogen and oxygen atoms in total. The van der Waals surface area contributed by atoms with Gasteiger partial charge in [0.1, 0.15) is 23.8 Å². The van der Waals surface area contributed by atoms with Gasteiger partial charge in [0, 0.05) is 6.20 Å². The molecule has 0 radical (unpaired) electrons. The van der Waals surface area contributed by atoms with Crippen molar-refractivity contribution >= 4 is 19.5 Å². The molecule has 2 aromatic rings. The summed E-state index contributed by atoms with van der Waals surface area (Å²) in [6.07, 6.45) is 1.29. The van der Waals surface area contributed by atoms with Crippen LogP contribution in [0.2, 0.25) is 0 Å². The van der Waals surface area contributed by atoms with Crippen LogP contribution >= 0.6 is 7.75 Å². The van der Waals surface area contributed by atoms with E-state index in [2.05, 4.69) is 10.1 Å². The highest BCUT2D eigenvalue weighted by Gasteiger charge is 2.35. The largest absolute Gasteiger partial charge is 0.462 e. The molecule has 1 aromatic carbocycles. The van der Waals surface area contributed by atoms with Crippen molar-refractivity contribution in [2.45, 2.75) is 58.1 Å². The molecule has 1 unspecified atom stereocenters. The number of nitrogens with one attached hydrogen (secondary N) is 1. The molecule has 0 spiro atoms.